The Morgan fingerprint density at radius 1 is 0.750 bits per heavy atom. The van der Waals surface area contributed by atoms with Gasteiger partial charge < -0.3 is 18.9 Å². The monoisotopic (exact) mass is 486 g/mol. The van der Waals surface area contributed by atoms with Crippen LogP contribution in [0.1, 0.15) is 6.92 Å². The fraction of sp³-hybridized carbons (Fsp3) is 0.0345. The second-order valence-corrected chi connectivity index (χ2v) is 7.35. The molecule has 182 valence electrons. The average molecular weight is 486 g/mol. The van der Waals surface area contributed by atoms with Crippen molar-refractivity contribution in [2.45, 2.75) is 6.92 Å². The summed E-state index contributed by atoms with van der Waals surface area (Å²) in [5.74, 6) is -0.792. The highest BCUT2D eigenvalue weighted by molar-refractivity contribution is 5.87. The molecular formula is C29H23FO6. The highest BCUT2D eigenvalue weighted by atomic mass is 19.1. The highest BCUT2D eigenvalue weighted by Crippen LogP contribution is 2.29. The van der Waals surface area contributed by atoms with Gasteiger partial charge in [-0.05, 0) is 47.9 Å². The van der Waals surface area contributed by atoms with Gasteiger partial charge in [0.2, 0.25) is 0 Å². The van der Waals surface area contributed by atoms with Crippen molar-refractivity contribution in [1.29, 1.82) is 0 Å². The number of halogens is 1. The van der Waals surface area contributed by atoms with Crippen molar-refractivity contribution in [1.82, 2.24) is 0 Å². The van der Waals surface area contributed by atoms with E-state index >= 15 is 0 Å². The lowest BCUT2D eigenvalue weighted by molar-refractivity contribution is -0.134. The first kappa shape index (κ1) is 25.7. The Hall–Kier alpha value is -4.91. The summed E-state index contributed by atoms with van der Waals surface area (Å²) in [6.45, 7) is 8.32. The van der Waals surface area contributed by atoms with Gasteiger partial charge in [0.05, 0.1) is 0 Å². The highest BCUT2D eigenvalue weighted by Gasteiger charge is 2.08. The molecule has 0 bridgehead atoms. The van der Waals surface area contributed by atoms with Crippen LogP contribution in [0.15, 0.2) is 117 Å². The Morgan fingerprint density at radius 2 is 1.28 bits per heavy atom. The van der Waals surface area contributed by atoms with Crippen molar-refractivity contribution < 1.29 is 32.9 Å². The Bertz CT molecular complexity index is 1300. The van der Waals surface area contributed by atoms with Gasteiger partial charge in [-0.2, -0.15) is 0 Å². The first-order chi connectivity index (χ1) is 17.4. The van der Waals surface area contributed by atoms with Crippen LogP contribution in [0, 0.1) is 5.82 Å². The van der Waals surface area contributed by atoms with Crippen LogP contribution in [0.3, 0.4) is 0 Å². The molecule has 0 unspecified atom stereocenters. The molecule has 0 spiro atoms. The number of ether oxygens (including phenoxy) is 4. The summed E-state index contributed by atoms with van der Waals surface area (Å²) < 4.78 is 34.8. The van der Waals surface area contributed by atoms with Gasteiger partial charge in [-0.1, -0.05) is 49.6 Å². The number of hydrogen-bond donors (Lipinski definition) is 0. The van der Waals surface area contributed by atoms with E-state index in [1.807, 2.05) is 36.4 Å². The van der Waals surface area contributed by atoms with Gasteiger partial charge in [0.15, 0.2) is 0 Å². The largest absolute Gasteiger partial charge is 0.462 e. The Kier molecular flexibility index (Phi) is 8.94. The molecule has 3 aromatic rings. The lowest BCUT2D eigenvalue weighted by atomic mass is 10.00. The van der Waals surface area contributed by atoms with Crippen LogP contribution in [0.4, 0.5) is 4.39 Å². The number of benzene rings is 3. The quantitative estimate of drug-likeness (QED) is 0.180. The topological polar surface area (TPSA) is 71.1 Å². The predicted octanol–water partition coefficient (Wildman–Crippen LogP) is 6.71. The van der Waals surface area contributed by atoms with E-state index in [9.17, 15) is 14.0 Å². The lowest BCUT2D eigenvalue weighted by Gasteiger charge is -2.08. The van der Waals surface area contributed by atoms with Crippen LogP contribution in [0.25, 0.3) is 22.3 Å². The second kappa shape index (κ2) is 12.5. The average Bonchev–Trinajstić information content (AvgIpc) is 2.89. The van der Waals surface area contributed by atoms with Crippen molar-refractivity contribution >= 4 is 11.9 Å². The van der Waals surface area contributed by atoms with Crippen molar-refractivity contribution in [3.8, 4) is 33.8 Å². The minimum atomic E-state index is -0.625. The molecule has 0 aliphatic rings. The maximum atomic E-state index is 14.7. The van der Waals surface area contributed by atoms with Crippen LogP contribution >= 0.6 is 0 Å². The zero-order valence-corrected chi connectivity index (χ0v) is 19.5. The summed E-state index contributed by atoms with van der Waals surface area (Å²) >= 11 is 0. The van der Waals surface area contributed by atoms with Gasteiger partial charge in [0, 0.05) is 23.3 Å². The van der Waals surface area contributed by atoms with Gasteiger partial charge in [0.1, 0.15) is 42.4 Å². The summed E-state index contributed by atoms with van der Waals surface area (Å²) in [7, 11) is 0. The minimum Gasteiger partial charge on any atom is -0.462 e. The van der Waals surface area contributed by atoms with Crippen molar-refractivity contribution in [2.75, 3.05) is 0 Å². The van der Waals surface area contributed by atoms with Crippen molar-refractivity contribution in [2.24, 2.45) is 0 Å². The van der Waals surface area contributed by atoms with Crippen LogP contribution < -0.4 is 9.47 Å². The van der Waals surface area contributed by atoms with E-state index in [-0.39, 0.29) is 5.75 Å². The molecule has 3 rings (SSSR count). The van der Waals surface area contributed by atoms with E-state index in [2.05, 4.69) is 17.9 Å². The molecule has 0 aliphatic carbocycles. The molecule has 0 fully saturated rings. The molecular weight excluding hydrogens is 463 g/mol. The SMILES string of the molecule is C=CC(=O)O/C=C\Oc1ccc(-c2ccc(-c3ccc(O/C=C\OC(=O)C(=C)C)cc3)cc2)c(F)c1. The molecule has 0 saturated carbocycles. The third kappa shape index (κ3) is 7.30. The smallest absolute Gasteiger partial charge is 0.338 e. The number of carbonyl (C=O) groups is 2. The predicted molar refractivity (Wildman–Crippen MR) is 134 cm³/mol. The van der Waals surface area contributed by atoms with Gasteiger partial charge in [-0.15, -0.1) is 0 Å². The van der Waals surface area contributed by atoms with E-state index in [0.717, 1.165) is 36.0 Å². The van der Waals surface area contributed by atoms with Crippen LogP contribution in [0.5, 0.6) is 11.5 Å². The van der Waals surface area contributed by atoms with Crippen LogP contribution in [0.2, 0.25) is 0 Å². The maximum Gasteiger partial charge on any atom is 0.338 e. The van der Waals surface area contributed by atoms with E-state index in [1.165, 1.54) is 12.3 Å². The molecule has 6 nitrogen and oxygen atoms in total. The third-order valence-corrected chi connectivity index (χ3v) is 4.72. The summed E-state index contributed by atoms with van der Waals surface area (Å²) in [4.78, 5) is 22.3. The zero-order chi connectivity index (χ0) is 25.9. The number of rotatable bonds is 10. The maximum absolute atomic E-state index is 14.7. The van der Waals surface area contributed by atoms with Gasteiger partial charge in [-0.25, -0.2) is 14.0 Å². The zero-order valence-electron chi connectivity index (χ0n) is 19.5. The van der Waals surface area contributed by atoms with Gasteiger partial charge >= 0.3 is 11.9 Å². The Labute approximate surface area is 208 Å². The van der Waals surface area contributed by atoms with Crippen LogP contribution in [-0.2, 0) is 19.1 Å². The number of carbonyl (C=O) groups excluding carboxylic acids is 2. The van der Waals surface area contributed by atoms with Crippen molar-refractivity contribution in [3.63, 3.8) is 0 Å². The molecule has 0 radical (unpaired) electrons. The fourth-order valence-corrected chi connectivity index (χ4v) is 2.92. The molecule has 36 heavy (non-hydrogen) atoms. The summed E-state index contributed by atoms with van der Waals surface area (Å²) in [6, 6.07) is 19.2. The molecule has 7 heteroatoms. The standard InChI is InChI=1S/C29H23FO6/c1-4-28(31)35-17-15-34-25-13-14-26(27(30)19-25)23-7-5-21(6-8-23)22-9-11-24(12-10-22)33-16-18-36-29(32)20(2)3/h4-19H,1-2H2,3H3/b17-15-,18-16-. The van der Waals surface area contributed by atoms with Gasteiger partial charge in [-0.3, -0.25) is 0 Å². The molecule has 0 heterocycles. The molecule has 0 aliphatic heterocycles. The molecule has 0 saturated heterocycles. The fourth-order valence-electron chi connectivity index (χ4n) is 2.92. The molecule has 0 amide bonds. The van der Waals surface area contributed by atoms with E-state index in [0.29, 0.717) is 22.4 Å². The van der Waals surface area contributed by atoms with Gasteiger partial charge in [0.25, 0.3) is 0 Å². The third-order valence-electron chi connectivity index (χ3n) is 4.72. The first-order valence-corrected chi connectivity index (χ1v) is 10.7. The Balaban J connectivity index is 1.61. The normalized spacial score (nSPS) is 10.7. The van der Waals surface area contributed by atoms with E-state index in [4.69, 9.17) is 14.2 Å². The molecule has 0 aromatic heterocycles. The lowest BCUT2D eigenvalue weighted by Crippen LogP contribution is -1.99. The molecule has 0 N–H and O–H groups in total. The summed E-state index contributed by atoms with van der Waals surface area (Å²) in [6.07, 6.45) is 5.62. The minimum absolute atomic E-state index is 0.255. The molecule has 3 aromatic carbocycles. The van der Waals surface area contributed by atoms with Crippen molar-refractivity contribution in [3.05, 3.63) is 122 Å². The Morgan fingerprint density at radius 3 is 1.86 bits per heavy atom. The number of hydrogen-bond acceptors (Lipinski definition) is 6. The number of esters is 2. The van der Waals surface area contributed by atoms with E-state index in [1.54, 1.807) is 31.2 Å². The summed E-state index contributed by atoms with van der Waals surface area (Å²) in [5.41, 5.74) is 3.30. The molecule has 0 atom stereocenters. The van der Waals surface area contributed by atoms with E-state index < -0.39 is 17.8 Å². The summed E-state index contributed by atoms with van der Waals surface area (Å²) in [5, 5.41) is 0. The van der Waals surface area contributed by atoms with Crippen LogP contribution in [-0.4, -0.2) is 11.9 Å². The second-order valence-electron chi connectivity index (χ2n) is 7.35. The first-order valence-electron chi connectivity index (χ1n) is 10.7.